The standard InChI is InChI=1S/C17H23ClFN3O2/c1-11(2)17(24)22-8-6-21(7-9-22)12(3)16(23)20-15-5-4-13(19)10-14(15)18/h4-5,10-12H,6-9H2,1-3H3,(H,20,23). The Bertz CT molecular complexity index is 616. The molecule has 1 aliphatic rings. The third-order valence-electron chi connectivity index (χ3n) is 4.24. The van der Waals surface area contributed by atoms with E-state index >= 15 is 0 Å². The van der Waals surface area contributed by atoms with Crippen LogP contribution in [-0.4, -0.2) is 53.8 Å². The second kappa shape index (κ2) is 7.94. The van der Waals surface area contributed by atoms with Gasteiger partial charge in [-0.15, -0.1) is 0 Å². The van der Waals surface area contributed by atoms with Gasteiger partial charge >= 0.3 is 0 Å². The molecular formula is C17H23ClFN3O2. The topological polar surface area (TPSA) is 52.7 Å². The lowest BCUT2D eigenvalue weighted by Crippen LogP contribution is -2.54. The van der Waals surface area contributed by atoms with Crippen molar-refractivity contribution in [2.24, 2.45) is 5.92 Å². The van der Waals surface area contributed by atoms with Crippen LogP contribution in [-0.2, 0) is 9.59 Å². The molecular weight excluding hydrogens is 333 g/mol. The Morgan fingerprint density at radius 2 is 1.79 bits per heavy atom. The van der Waals surface area contributed by atoms with Crippen molar-refractivity contribution in [2.45, 2.75) is 26.8 Å². The predicted molar refractivity (Wildman–Crippen MR) is 92.5 cm³/mol. The number of piperazine rings is 1. The zero-order valence-corrected chi connectivity index (χ0v) is 14.9. The molecule has 132 valence electrons. The molecule has 24 heavy (non-hydrogen) atoms. The maximum atomic E-state index is 13.1. The Hall–Kier alpha value is -1.66. The molecule has 0 aromatic heterocycles. The van der Waals surface area contributed by atoms with E-state index in [-0.39, 0.29) is 28.8 Å². The van der Waals surface area contributed by atoms with Gasteiger partial charge in [-0.05, 0) is 25.1 Å². The summed E-state index contributed by atoms with van der Waals surface area (Å²) in [6.45, 7) is 8.10. The van der Waals surface area contributed by atoms with Crippen LogP contribution in [0.4, 0.5) is 10.1 Å². The van der Waals surface area contributed by atoms with Crippen molar-refractivity contribution in [1.29, 1.82) is 0 Å². The summed E-state index contributed by atoms with van der Waals surface area (Å²) in [6.07, 6.45) is 0. The molecule has 7 heteroatoms. The van der Waals surface area contributed by atoms with Crippen LogP contribution in [0, 0.1) is 11.7 Å². The van der Waals surface area contributed by atoms with Crippen LogP contribution in [0.2, 0.25) is 5.02 Å². The molecule has 0 aliphatic carbocycles. The number of nitrogens with zero attached hydrogens (tertiary/aromatic N) is 2. The zero-order valence-electron chi connectivity index (χ0n) is 14.2. The van der Waals surface area contributed by atoms with E-state index in [2.05, 4.69) is 5.32 Å². The van der Waals surface area contributed by atoms with Gasteiger partial charge in [-0.3, -0.25) is 14.5 Å². The number of nitrogens with one attached hydrogen (secondary N) is 1. The SMILES string of the molecule is CC(C)C(=O)N1CCN(C(C)C(=O)Nc2ccc(F)cc2Cl)CC1. The summed E-state index contributed by atoms with van der Waals surface area (Å²) in [5, 5.41) is 2.90. The maximum Gasteiger partial charge on any atom is 0.241 e. The molecule has 2 amide bonds. The molecule has 0 bridgehead atoms. The number of amides is 2. The molecule has 2 rings (SSSR count). The average molecular weight is 356 g/mol. The maximum absolute atomic E-state index is 13.1. The molecule has 1 fully saturated rings. The average Bonchev–Trinajstić information content (AvgIpc) is 2.56. The lowest BCUT2D eigenvalue weighted by Gasteiger charge is -2.38. The highest BCUT2D eigenvalue weighted by molar-refractivity contribution is 6.33. The monoisotopic (exact) mass is 355 g/mol. The molecule has 1 atom stereocenters. The van der Waals surface area contributed by atoms with Crippen molar-refractivity contribution in [3.8, 4) is 0 Å². The number of rotatable bonds is 4. The molecule has 1 unspecified atom stereocenters. The molecule has 0 spiro atoms. The number of benzene rings is 1. The number of hydrogen-bond donors (Lipinski definition) is 1. The van der Waals surface area contributed by atoms with Gasteiger partial charge in [-0.1, -0.05) is 25.4 Å². The normalized spacial score (nSPS) is 17.0. The van der Waals surface area contributed by atoms with Crippen molar-refractivity contribution >= 4 is 29.1 Å². The summed E-state index contributed by atoms with van der Waals surface area (Å²) < 4.78 is 13.1. The van der Waals surface area contributed by atoms with Gasteiger partial charge in [0, 0.05) is 32.1 Å². The first kappa shape index (κ1) is 18.7. The molecule has 5 nitrogen and oxygen atoms in total. The summed E-state index contributed by atoms with van der Waals surface area (Å²) in [5.41, 5.74) is 0.392. The lowest BCUT2D eigenvalue weighted by atomic mass is 10.1. The van der Waals surface area contributed by atoms with E-state index in [0.29, 0.717) is 31.9 Å². The van der Waals surface area contributed by atoms with Gasteiger partial charge in [0.25, 0.3) is 0 Å². The lowest BCUT2D eigenvalue weighted by molar-refractivity contribution is -0.136. The fourth-order valence-electron chi connectivity index (χ4n) is 2.69. The largest absolute Gasteiger partial charge is 0.340 e. The Morgan fingerprint density at radius 3 is 2.33 bits per heavy atom. The second-order valence-electron chi connectivity index (χ2n) is 6.31. The smallest absolute Gasteiger partial charge is 0.241 e. The van der Waals surface area contributed by atoms with E-state index in [1.165, 1.54) is 12.1 Å². The van der Waals surface area contributed by atoms with Crippen LogP contribution >= 0.6 is 11.6 Å². The number of carbonyl (C=O) groups is 2. The molecule has 0 saturated carbocycles. The summed E-state index contributed by atoms with van der Waals surface area (Å²) in [5.74, 6) is -0.521. The minimum absolute atomic E-state index is 0.0158. The van der Waals surface area contributed by atoms with E-state index in [0.717, 1.165) is 6.07 Å². The summed E-state index contributed by atoms with van der Waals surface area (Å²) in [6, 6.07) is 3.50. The van der Waals surface area contributed by atoms with E-state index < -0.39 is 5.82 Å². The molecule has 1 aliphatic heterocycles. The summed E-state index contributed by atoms with van der Waals surface area (Å²) >= 11 is 5.94. The van der Waals surface area contributed by atoms with E-state index in [4.69, 9.17) is 11.6 Å². The van der Waals surface area contributed by atoms with Gasteiger partial charge in [0.2, 0.25) is 11.8 Å². The zero-order chi connectivity index (χ0) is 17.9. The third kappa shape index (κ3) is 4.45. The van der Waals surface area contributed by atoms with Crippen molar-refractivity contribution < 1.29 is 14.0 Å². The van der Waals surface area contributed by atoms with Gasteiger partial charge < -0.3 is 10.2 Å². The highest BCUT2D eigenvalue weighted by Gasteiger charge is 2.28. The molecule has 1 N–H and O–H groups in total. The van der Waals surface area contributed by atoms with Crippen molar-refractivity contribution in [2.75, 3.05) is 31.5 Å². The van der Waals surface area contributed by atoms with Crippen LogP contribution in [0.3, 0.4) is 0 Å². The van der Waals surface area contributed by atoms with Gasteiger partial charge in [-0.2, -0.15) is 0 Å². The Morgan fingerprint density at radius 1 is 1.17 bits per heavy atom. The Kier molecular flexibility index (Phi) is 6.18. The molecule has 1 aromatic carbocycles. The van der Waals surface area contributed by atoms with Gasteiger partial charge in [0.1, 0.15) is 5.82 Å². The van der Waals surface area contributed by atoms with E-state index in [9.17, 15) is 14.0 Å². The van der Waals surface area contributed by atoms with E-state index in [1.54, 1.807) is 0 Å². The van der Waals surface area contributed by atoms with Crippen LogP contribution < -0.4 is 5.32 Å². The molecule has 1 saturated heterocycles. The van der Waals surface area contributed by atoms with Crippen molar-refractivity contribution in [1.82, 2.24) is 9.80 Å². The Balaban J connectivity index is 1.91. The first-order chi connectivity index (χ1) is 11.3. The fraction of sp³-hybridized carbons (Fsp3) is 0.529. The highest BCUT2D eigenvalue weighted by atomic mass is 35.5. The number of halogens is 2. The number of anilines is 1. The summed E-state index contributed by atoms with van der Waals surface area (Å²) in [4.78, 5) is 28.2. The number of carbonyl (C=O) groups excluding carboxylic acids is 2. The number of hydrogen-bond acceptors (Lipinski definition) is 3. The fourth-order valence-corrected chi connectivity index (χ4v) is 2.90. The van der Waals surface area contributed by atoms with Gasteiger partial charge in [-0.25, -0.2) is 4.39 Å². The summed E-state index contributed by atoms with van der Waals surface area (Å²) in [7, 11) is 0. The van der Waals surface area contributed by atoms with Gasteiger partial charge in [0.05, 0.1) is 16.8 Å². The second-order valence-corrected chi connectivity index (χ2v) is 6.71. The minimum atomic E-state index is -0.447. The highest BCUT2D eigenvalue weighted by Crippen LogP contribution is 2.23. The van der Waals surface area contributed by atoms with Crippen molar-refractivity contribution in [3.63, 3.8) is 0 Å². The Labute approximate surface area is 146 Å². The predicted octanol–water partition coefficient (Wildman–Crippen LogP) is 2.61. The third-order valence-corrected chi connectivity index (χ3v) is 4.55. The van der Waals surface area contributed by atoms with Crippen LogP contribution in [0.15, 0.2) is 18.2 Å². The first-order valence-electron chi connectivity index (χ1n) is 8.08. The molecule has 0 radical (unpaired) electrons. The van der Waals surface area contributed by atoms with Crippen LogP contribution in [0.5, 0.6) is 0 Å². The quantitative estimate of drug-likeness (QED) is 0.903. The van der Waals surface area contributed by atoms with Crippen LogP contribution in [0.25, 0.3) is 0 Å². The van der Waals surface area contributed by atoms with E-state index in [1.807, 2.05) is 30.6 Å². The van der Waals surface area contributed by atoms with Gasteiger partial charge in [0.15, 0.2) is 0 Å². The first-order valence-corrected chi connectivity index (χ1v) is 8.46. The minimum Gasteiger partial charge on any atom is -0.340 e. The van der Waals surface area contributed by atoms with Crippen LogP contribution in [0.1, 0.15) is 20.8 Å². The van der Waals surface area contributed by atoms with Crippen molar-refractivity contribution in [3.05, 3.63) is 29.0 Å². The molecule has 1 heterocycles. The molecule has 1 aromatic rings.